The Morgan fingerprint density at radius 1 is 1.25 bits per heavy atom. The lowest BCUT2D eigenvalue weighted by Gasteiger charge is -2.33. The molecule has 0 aliphatic carbocycles. The van der Waals surface area contributed by atoms with Crippen LogP contribution in [0.4, 0.5) is 16.4 Å². The number of anilines is 2. The van der Waals surface area contributed by atoms with Crippen LogP contribution in [0.3, 0.4) is 0 Å². The third-order valence-corrected chi connectivity index (χ3v) is 5.96. The first kappa shape index (κ1) is 22.4. The van der Waals surface area contributed by atoms with Crippen LogP contribution in [0.5, 0.6) is 0 Å². The maximum absolute atomic E-state index is 11.9. The van der Waals surface area contributed by atoms with E-state index >= 15 is 0 Å². The van der Waals surface area contributed by atoms with Gasteiger partial charge in [0.05, 0.1) is 37.3 Å². The molecule has 0 saturated carbocycles. The third-order valence-electron chi connectivity index (χ3n) is 5.96. The van der Waals surface area contributed by atoms with Gasteiger partial charge in [-0.25, -0.2) is 14.8 Å². The van der Waals surface area contributed by atoms with E-state index in [0.717, 1.165) is 42.5 Å². The molecular weight excluding hydrogens is 408 g/mol. The molecule has 3 N–H and O–H groups in total. The lowest BCUT2D eigenvalue weighted by molar-refractivity contribution is 0.0980. The van der Waals surface area contributed by atoms with Crippen molar-refractivity contribution in [1.82, 2.24) is 20.2 Å². The molecule has 2 amide bonds. The summed E-state index contributed by atoms with van der Waals surface area (Å²) in [7, 11) is 0. The monoisotopic (exact) mass is 440 g/mol. The molecule has 32 heavy (non-hydrogen) atoms. The maximum atomic E-state index is 11.9. The van der Waals surface area contributed by atoms with Crippen LogP contribution in [-0.4, -0.2) is 71.0 Å². The Morgan fingerprint density at radius 2 is 2.03 bits per heavy atom. The van der Waals surface area contributed by atoms with E-state index in [-0.39, 0.29) is 25.2 Å². The van der Waals surface area contributed by atoms with Crippen LogP contribution in [0.15, 0.2) is 24.3 Å². The fraction of sp³-hybridized carbons (Fsp3) is 0.522. The van der Waals surface area contributed by atoms with Crippen molar-refractivity contribution < 1.29 is 14.6 Å². The number of amides is 2. The lowest BCUT2D eigenvalue weighted by atomic mass is 10.1. The Morgan fingerprint density at radius 3 is 2.72 bits per heavy atom. The number of aliphatic hydroxyl groups is 1. The molecule has 2 aliphatic heterocycles. The van der Waals surface area contributed by atoms with Crippen molar-refractivity contribution in [2.75, 3.05) is 43.1 Å². The third kappa shape index (κ3) is 4.85. The zero-order valence-electron chi connectivity index (χ0n) is 19.0. The summed E-state index contributed by atoms with van der Waals surface area (Å²) in [6.45, 7) is 10.4. The summed E-state index contributed by atoms with van der Waals surface area (Å²) in [5, 5.41) is 14.2. The van der Waals surface area contributed by atoms with Gasteiger partial charge in [0.25, 0.3) is 0 Å². The van der Waals surface area contributed by atoms with Crippen LogP contribution in [0.25, 0.3) is 11.3 Å². The van der Waals surface area contributed by atoms with E-state index in [0.29, 0.717) is 24.9 Å². The highest BCUT2D eigenvalue weighted by Crippen LogP contribution is 2.34. The summed E-state index contributed by atoms with van der Waals surface area (Å²) >= 11 is 0. The average molecular weight is 441 g/mol. The Labute approximate surface area is 188 Å². The molecule has 2 aliphatic rings. The first-order valence-corrected chi connectivity index (χ1v) is 11.2. The number of aromatic nitrogens is 2. The minimum absolute atomic E-state index is 0.0946. The van der Waals surface area contributed by atoms with Gasteiger partial charge in [0.2, 0.25) is 5.95 Å². The van der Waals surface area contributed by atoms with Crippen molar-refractivity contribution in [1.29, 1.82) is 0 Å². The predicted octanol–water partition coefficient (Wildman–Crippen LogP) is 2.21. The van der Waals surface area contributed by atoms with Gasteiger partial charge in [-0.05, 0) is 32.9 Å². The Hall–Kier alpha value is -2.75. The number of carbonyl (C=O) groups is 1. The van der Waals surface area contributed by atoms with Gasteiger partial charge in [0.15, 0.2) is 0 Å². The second-order valence-electron chi connectivity index (χ2n) is 8.60. The number of hydrogen-bond acceptors (Lipinski definition) is 7. The molecule has 0 radical (unpaired) electrons. The molecule has 1 saturated heterocycles. The van der Waals surface area contributed by atoms with Crippen molar-refractivity contribution in [2.45, 2.75) is 45.9 Å². The van der Waals surface area contributed by atoms with Gasteiger partial charge < -0.3 is 25.4 Å². The molecule has 1 aromatic carbocycles. The highest BCUT2D eigenvalue weighted by Gasteiger charge is 2.30. The largest absolute Gasteiger partial charge is 0.395 e. The summed E-state index contributed by atoms with van der Waals surface area (Å²) in [5.41, 5.74) is 4.88. The molecule has 9 nitrogen and oxygen atoms in total. The molecule has 1 atom stereocenters. The lowest BCUT2D eigenvalue weighted by Crippen LogP contribution is -2.44. The van der Waals surface area contributed by atoms with Crippen molar-refractivity contribution in [3.63, 3.8) is 0 Å². The highest BCUT2D eigenvalue weighted by atomic mass is 16.5. The van der Waals surface area contributed by atoms with Crippen molar-refractivity contribution in [3.8, 4) is 11.3 Å². The van der Waals surface area contributed by atoms with E-state index in [4.69, 9.17) is 19.8 Å². The molecule has 1 aromatic heterocycles. The van der Waals surface area contributed by atoms with Crippen molar-refractivity contribution in [2.24, 2.45) is 0 Å². The van der Waals surface area contributed by atoms with Gasteiger partial charge in [-0.1, -0.05) is 12.1 Å². The molecule has 172 valence electrons. The number of fused-ring (bicyclic) bond motifs is 1. The highest BCUT2D eigenvalue weighted by molar-refractivity contribution is 5.89. The molecular formula is C23H32N6O3. The van der Waals surface area contributed by atoms with Gasteiger partial charge in [-0.3, -0.25) is 4.90 Å². The Bertz CT molecular complexity index is 949. The number of aliphatic hydroxyl groups excluding tert-OH is 1. The smallest absolute Gasteiger partial charge is 0.319 e. The molecule has 1 unspecified atom stereocenters. The minimum Gasteiger partial charge on any atom is -0.395 e. The number of ether oxygens (including phenoxy) is 1. The van der Waals surface area contributed by atoms with Crippen molar-refractivity contribution >= 4 is 17.7 Å². The van der Waals surface area contributed by atoms with Crippen LogP contribution in [-0.2, 0) is 17.8 Å². The Balaban J connectivity index is 1.64. The normalized spacial score (nSPS) is 18.7. The van der Waals surface area contributed by atoms with Crippen LogP contribution in [0, 0.1) is 0 Å². The van der Waals surface area contributed by atoms with E-state index in [1.54, 1.807) is 0 Å². The molecule has 9 heteroatoms. The SMILES string of the molecule is CC(C)N1Cc2nc(N3CCOCC3C)nc(-c3ccc(NC(=O)NCCO)cc3)c2C1. The fourth-order valence-corrected chi connectivity index (χ4v) is 4.08. The molecule has 3 heterocycles. The first-order chi connectivity index (χ1) is 15.5. The van der Waals surface area contributed by atoms with Gasteiger partial charge in [0.1, 0.15) is 0 Å². The van der Waals surface area contributed by atoms with Crippen LogP contribution < -0.4 is 15.5 Å². The van der Waals surface area contributed by atoms with Gasteiger partial charge >= 0.3 is 6.03 Å². The number of benzene rings is 1. The van der Waals surface area contributed by atoms with E-state index in [1.807, 2.05) is 24.3 Å². The second-order valence-corrected chi connectivity index (χ2v) is 8.60. The minimum atomic E-state index is -0.342. The number of nitrogens with zero attached hydrogens (tertiary/aromatic N) is 4. The van der Waals surface area contributed by atoms with E-state index in [1.165, 1.54) is 5.56 Å². The molecule has 1 fully saturated rings. The summed E-state index contributed by atoms with van der Waals surface area (Å²) in [5.74, 6) is 0.755. The zero-order chi connectivity index (χ0) is 22.7. The number of hydrogen-bond donors (Lipinski definition) is 3. The number of morpholine rings is 1. The Kier molecular flexibility index (Phi) is 6.88. The predicted molar refractivity (Wildman–Crippen MR) is 124 cm³/mol. The van der Waals surface area contributed by atoms with E-state index in [2.05, 4.69) is 41.2 Å². The zero-order valence-corrected chi connectivity index (χ0v) is 19.0. The number of carbonyl (C=O) groups excluding carboxylic acids is 1. The standard InChI is InChI=1S/C23H32N6O3/c1-15(2)28-12-19-20(13-28)26-22(29-9-11-32-14-16(29)3)27-21(19)17-4-6-18(7-5-17)25-23(31)24-8-10-30/h4-7,15-16,30H,8-14H2,1-3H3,(H2,24,25,31). The first-order valence-electron chi connectivity index (χ1n) is 11.2. The molecule has 0 spiro atoms. The van der Waals surface area contributed by atoms with Gasteiger partial charge in [-0.15, -0.1) is 0 Å². The van der Waals surface area contributed by atoms with Crippen LogP contribution in [0.2, 0.25) is 0 Å². The van der Waals surface area contributed by atoms with Crippen LogP contribution in [0.1, 0.15) is 32.0 Å². The quantitative estimate of drug-likeness (QED) is 0.633. The van der Waals surface area contributed by atoms with Gasteiger partial charge in [-0.2, -0.15) is 0 Å². The van der Waals surface area contributed by atoms with E-state index in [9.17, 15) is 4.79 Å². The molecule has 2 aromatic rings. The number of rotatable bonds is 6. The molecule has 0 bridgehead atoms. The summed E-state index contributed by atoms with van der Waals surface area (Å²) in [4.78, 5) is 26.5. The van der Waals surface area contributed by atoms with Crippen LogP contribution >= 0.6 is 0 Å². The van der Waals surface area contributed by atoms with Gasteiger partial charge in [0, 0.05) is 49.0 Å². The fourth-order valence-electron chi connectivity index (χ4n) is 4.08. The maximum Gasteiger partial charge on any atom is 0.319 e. The summed E-state index contributed by atoms with van der Waals surface area (Å²) in [6, 6.07) is 8.01. The average Bonchev–Trinajstić information content (AvgIpc) is 3.23. The van der Waals surface area contributed by atoms with Crippen molar-refractivity contribution in [3.05, 3.63) is 35.5 Å². The number of urea groups is 1. The topological polar surface area (TPSA) is 103 Å². The number of nitrogens with one attached hydrogen (secondary N) is 2. The second kappa shape index (κ2) is 9.81. The summed E-state index contributed by atoms with van der Waals surface area (Å²) < 4.78 is 5.60. The summed E-state index contributed by atoms with van der Waals surface area (Å²) in [6.07, 6.45) is 0. The molecule has 4 rings (SSSR count). The van der Waals surface area contributed by atoms with E-state index < -0.39 is 0 Å².